The molecule has 0 amide bonds. The highest BCUT2D eigenvalue weighted by Gasteiger charge is 2.33. The van der Waals surface area contributed by atoms with E-state index in [1.54, 1.807) is 11.1 Å². The number of rotatable bonds is 6. The van der Waals surface area contributed by atoms with Gasteiger partial charge in [-0.05, 0) is 88.8 Å². The minimum Gasteiger partial charge on any atom is -0.302 e. The monoisotopic (exact) mass is 355 g/mol. The average Bonchev–Trinajstić information content (AvgIpc) is 3.17. The molecule has 3 nitrogen and oxygen atoms in total. The molecule has 0 bridgehead atoms. The van der Waals surface area contributed by atoms with Crippen LogP contribution in [0.3, 0.4) is 0 Å². The molecule has 0 unspecified atom stereocenters. The summed E-state index contributed by atoms with van der Waals surface area (Å²) in [4.78, 5) is 8.03. The summed E-state index contributed by atoms with van der Waals surface area (Å²) in [5, 5.41) is 0. The van der Waals surface area contributed by atoms with Gasteiger partial charge in [0.1, 0.15) is 0 Å². The van der Waals surface area contributed by atoms with Crippen molar-refractivity contribution in [2.75, 3.05) is 39.8 Å². The normalized spacial score (nSPS) is 27.8. The van der Waals surface area contributed by atoms with Crippen LogP contribution in [-0.2, 0) is 13.1 Å². The van der Waals surface area contributed by atoms with E-state index in [9.17, 15) is 0 Å². The van der Waals surface area contributed by atoms with Gasteiger partial charge in [0.25, 0.3) is 0 Å². The van der Waals surface area contributed by atoms with Crippen molar-refractivity contribution in [3.8, 4) is 0 Å². The minimum atomic E-state index is 0.861. The summed E-state index contributed by atoms with van der Waals surface area (Å²) in [5.41, 5.74) is 3.09. The summed E-state index contributed by atoms with van der Waals surface area (Å²) >= 11 is 0. The number of benzene rings is 1. The molecular weight excluding hydrogens is 318 g/mol. The number of nitrogens with zero attached hydrogens (tertiary/aromatic N) is 3. The highest BCUT2D eigenvalue weighted by atomic mass is 15.2. The summed E-state index contributed by atoms with van der Waals surface area (Å²) in [5.74, 6) is 0.875. The molecule has 0 N–H and O–H groups in total. The molecule has 144 valence electrons. The summed E-state index contributed by atoms with van der Waals surface area (Å²) in [7, 11) is 2.34. The fraction of sp³-hybridized carbons (Fsp3) is 0.739. The Kier molecular flexibility index (Phi) is 6.29. The lowest BCUT2D eigenvalue weighted by molar-refractivity contribution is 0.0434. The minimum absolute atomic E-state index is 0.861. The lowest BCUT2D eigenvalue weighted by Crippen LogP contribution is -2.50. The van der Waals surface area contributed by atoms with E-state index in [4.69, 9.17) is 0 Å². The van der Waals surface area contributed by atoms with E-state index >= 15 is 0 Å². The van der Waals surface area contributed by atoms with Crippen LogP contribution in [0.5, 0.6) is 0 Å². The zero-order chi connectivity index (χ0) is 17.8. The number of fused-ring (bicyclic) bond motifs is 1. The molecule has 3 aliphatic rings. The quantitative estimate of drug-likeness (QED) is 0.764. The van der Waals surface area contributed by atoms with E-state index in [1.165, 1.54) is 77.7 Å². The Morgan fingerprint density at radius 2 is 1.62 bits per heavy atom. The Bertz CT molecular complexity index is 564. The Morgan fingerprint density at radius 3 is 2.46 bits per heavy atom. The standard InChI is InChI=1S/C23H37N3/c1-24(18-22-11-8-16-26-15-5-4-12-23(22)26)17-20-9-2-3-10-21(20)19-25-13-6-7-14-25/h2-3,9-10,22-23H,4-8,11-19H2,1H3/t22-,23+/m0/s1. The van der Waals surface area contributed by atoms with Gasteiger partial charge in [-0.25, -0.2) is 0 Å². The smallest absolute Gasteiger partial charge is 0.0236 e. The van der Waals surface area contributed by atoms with Gasteiger partial charge >= 0.3 is 0 Å². The zero-order valence-electron chi connectivity index (χ0n) is 16.7. The molecular formula is C23H37N3. The SMILES string of the molecule is CN(Cc1ccccc1CN1CCCC1)C[C@@H]1CCCN2CCCC[C@H]12. The Morgan fingerprint density at radius 1 is 0.885 bits per heavy atom. The van der Waals surface area contributed by atoms with Gasteiger partial charge < -0.3 is 9.80 Å². The summed E-state index contributed by atoms with van der Waals surface area (Å²) in [6.45, 7) is 8.77. The van der Waals surface area contributed by atoms with E-state index in [1.807, 2.05) is 0 Å². The molecule has 3 heteroatoms. The van der Waals surface area contributed by atoms with Gasteiger partial charge in [-0.2, -0.15) is 0 Å². The number of piperidine rings is 2. The van der Waals surface area contributed by atoms with Crippen LogP contribution in [-0.4, -0.2) is 60.5 Å². The summed E-state index contributed by atoms with van der Waals surface area (Å²) in [6.07, 6.45) is 9.89. The molecule has 1 aromatic carbocycles. The first-order chi connectivity index (χ1) is 12.8. The van der Waals surface area contributed by atoms with Crippen LogP contribution in [0, 0.1) is 5.92 Å². The first-order valence-corrected chi connectivity index (χ1v) is 11.0. The van der Waals surface area contributed by atoms with Crippen LogP contribution in [0.15, 0.2) is 24.3 Å². The molecule has 1 aromatic rings. The van der Waals surface area contributed by atoms with Crippen LogP contribution in [0.25, 0.3) is 0 Å². The van der Waals surface area contributed by atoms with Crippen molar-refractivity contribution >= 4 is 0 Å². The van der Waals surface area contributed by atoms with Crippen molar-refractivity contribution < 1.29 is 0 Å². The fourth-order valence-electron chi connectivity index (χ4n) is 5.59. The molecule has 0 spiro atoms. The first-order valence-electron chi connectivity index (χ1n) is 11.0. The maximum absolute atomic E-state index is 2.80. The van der Waals surface area contributed by atoms with E-state index in [-0.39, 0.29) is 0 Å². The van der Waals surface area contributed by atoms with Gasteiger partial charge in [-0.1, -0.05) is 30.7 Å². The van der Waals surface area contributed by atoms with Crippen molar-refractivity contribution in [3.63, 3.8) is 0 Å². The molecule has 3 fully saturated rings. The molecule has 0 radical (unpaired) electrons. The molecule has 4 rings (SSSR count). The molecule has 3 heterocycles. The summed E-state index contributed by atoms with van der Waals surface area (Å²) < 4.78 is 0. The highest BCUT2D eigenvalue weighted by molar-refractivity contribution is 5.27. The van der Waals surface area contributed by atoms with E-state index in [0.717, 1.165) is 25.0 Å². The molecule has 3 saturated heterocycles. The van der Waals surface area contributed by atoms with Crippen molar-refractivity contribution in [3.05, 3.63) is 35.4 Å². The van der Waals surface area contributed by atoms with E-state index in [0.29, 0.717) is 0 Å². The second-order valence-corrected chi connectivity index (χ2v) is 8.95. The third-order valence-electron chi connectivity index (χ3n) is 6.93. The number of hydrogen-bond acceptors (Lipinski definition) is 3. The maximum Gasteiger partial charge on any atom is 0.0236 e. The predicted octanol–water partition coefficient (Wildman–Crippen LogP) is 3.98. The zero-order valence-corrected chi connectivity index (χ0v) is 16.7. The lowest BCUT2D eigenvalue weighted by Gasteiger charge is -2.45. The lowest BCUT2D eigenvalue weighted by atomic mass is 9.83. The Hall–Kier alpha value is -0.900. The van der Waals surface area contributed by atoms with Crippen molar-refractivity contribution in [2.24, 2.45) is 5.92 Å². The fourth-order valence-corrected chi connectivity index (χ4v) is 5.59. The van der Waals surface area contributed by atoms with Crippen molar-refractivity contribution in [1.82, 2.24) is 14.7 Å². The van der Waals surface area contributed by atoms with E-state index < -0.39 is 0 Å². The largest absolute Gasteiger partial charge is 0.302 e. The summed E-state index contributed by atoms with van der Waals surface area (Å²) in [6, 6.07) is 10.0. The molecule has 26 heavy (non-hydrogen) atoms. The second kappa shape index (κ2) is 8.86. The van der Waals surface area contributed by atoms with Crippen molar-refractivity contribution in [1.29, 1.82) is 0 Å². The average molecular weight is 356 g/mol. The maximum atomic E-state index is 2.80. The Balaban J connectivity index is 1.36. The van der Waals surface area contributed by atoms with Gasteiger partial charge in [0.05, 0.1) is 0 Å². The van der Waals surface area contributed by atoms with Gasteiger partial charge in [0.2, 0.25) is 0 Å². The first kappa shape index (κ1) is 18.5. The molecule has 0 saturated carbocycles. The van der Waals surface area contributed by atoms with Crippen LogP contribution in [0.1, 0.15) is 56.1 Å². The van der Waals surface area contributed by atoms with Crippen LogP contribution >= 0.6 is 0 Å². The third-order valence-corrected chi connectivity index (χ3v) is 6.93. The van der Waals surface area contributed by atoms with E-state index in [2.05, 4.69) is 46.0 Å². The molecule has 0 aliphatic carbocycles. The highest BCUT2D eigenvalue weighted by Crippen LogP contribution is 2.31. The van der Waals surface area contributed by atoms with Gasteiger partial charge in [0.15, 0.2) is 0 Å². The van der Waals surface area contributed by atoms with Crippen molar-refractivity contribution in [2.45, 2.75) is 64.1 Å². The second-order valence-electron chi connectivity index (χ2n) is 8.95. The predicted molar refractivity (Wildman–Crippen MR) is 109 cm³/mol. The molecule has 2 atom stereocenters. The molecule has 3 aliphatic heterocycles. The van der Waals surface area contributed by atoms with Crippen LogP contribution < -0.4 is 0 Å². The van der Waals surface area contributed by atoms with Crippen LogP contribution in [0.2, 0.25) is 0 Å². The third kappa shape index (κ3) is 4.49. The topological polar surface area (TPSA) is 9.72 Å². The van der Waals surface area contributed by atoms with Gasteiger partial charge in [-0.3, -0.25) is 4.90 Å². The number of likely N-dealkylation sites (tertiary alicyclic amines) is 1. The van der Waals surface area contributed by atoms with Gasteiger partial charge in [0, 0.05) is 25.7 Å². The van der Waals surface area contributed by atoms with Gasteiger partial charge in [-0.15, -0.1) is 0 Å². The molecule has 0 aromatic heterocycles. The van der Waals surface area contributed by atoms with Crippen LogP contribution in [0.4, 0.5) is 0 Å². The number of hydrogen-bond donors (Lipinski definition) is 0. The Labute approximate surface area is 160 Å².